The predicted octanol–water partition coefficient (Wildman–Crippen LogP) is 1.46. The van der Waals surface area contributed by atoms with E-state index < -0.39 is 5.54 Å². The van der Waals surface area contributed by atoms with E-state index in [9.17, 15) is 4.79 Å². The van der Waals surface area contributed by atoms with Crippen LogP contribution in [0.4, 0.5) is 0 Å². The molecule has 0 saturated heterocycles. The molecule has 1 aliphatic rings. The fourth-order valence-corrected chi connectivity index (χ4v) is 1.55. The number of hydrogen-bond donors (Lipinski definition) is 1. The number of ether oxygens (including phenoxy) is 1. The van der Waals surface area contributed by atoms with Gasteiger partial charge in [-0.05, 0) is 18.8 Å². The summed E-state index contributed by atoms with van der Waals surface area (Å²) in [6.07, 6.45) is 3.74. The van der Waals surface area contributed by atoms with E-state index in [4.69, 9.17) is 10.5 Å². The molecule has 0 aromatic rings. The number of carbonyl (C=O) groups excluding carboxylic acids is 1. The van der Waals surface area contributed by atoms with Crippen LogP contribution in [0.1, 0.15) is 39.5 Å². The van der Waals surface area contributed by atoms with Crippen LogP contribution in [0.2, 0.25) is 0 Å². The summed E-state index contributed by atoms with van der Waals surface area (Å²) >= 11 is 0. The summed E-state index contributed by atoms with van der Waals surface area (Å²) in [5.41, 5.74) is 5.22. The van der Waals surface area contributed by atoms with Gasteiger partial charge in [0, 0.05) is 0 Å². The van der Waals surface area contributed by atoms with Crippen molar-refractivity contribution in [2.24, 2.45) is 11.7 Å². The Labute approximate surface area is 79.6 Å². The van der Waals surface area contributed by atoms with Crippen molar-refractivity contribution < 1.29 is 9.53 Å². The minimum atomic E-state index is -0.636. The molecule has 0 spiro atoms. The van der Waals surface area contributed by atoms with Gasteiger partial charge in [-0.15, -0.1) is 0 Å². The average molecular weight is 185 g/mol. The molecule has 13 heavy (non-hydrogen) atoms. The monoisotopic (exact) mass is 185 g/mol. The summed E-state index contributed by atoms with van der Waals surface area (Å²) in [5.74, 6) is 0.148. The molecule has 0 heterocycles. The third-order valence-electron chi connectivity index (χ3n) is 2.76. The van der Waals surface area contributed by atoms with Gasteiger partial charge in [-0.2, -0.15) is 0 Å². The summed E-state index contributed by atoms with van der Waals surface area (Å²) in [5, 5.41) is 0. The molecule has 0 aromatic heterocycles. The van der Waals surface area contributed by atoms with Crippen molar-refractivity contribution in [2.75, 3.05) is 6.61 Å². The lowest BCUT2D eigenvalue weighted by molar-refractivity contribution is -0.146. The first-order chi connectivity index (χ1) is 6.15. The van der Waals surface area contributed by atoms with Crippen molar-refractivity contribution in [3.63, 3.8) is 0 Å². The number of carbonyl (C=O) groups is 1. The second-order valence-corrected chi connectivity index (χ2v) is 3.84. The molecule has 3 nitrogen and oxygen atoms in total. The van der Waals surface area contributed by atoms with Gasteiger partial charge in [0.15, 0.2) is 0 Å². The molecular formula is C10H19NO2. The van der Waals surface area contributed by atoms with E-state index in [1.807, 2.05) is 0 Å². The van der Waals surface area contributed by atoms with Crippen molar-refractivity contribution in [1.82, 2.24) is 0 Å². The van der Waals surface area contributed by atoms with Crippen LogP contribution in [0.15, 0.2) is 0 Å². The van der Waals surface area contributed by atoms with Gasteiger partial charge >= 0.3 is 5.97 Å². The van der Waals surface area contributed by atoms with Crippen molar-refractivity contribution in [3.05, 3.63) is 0 Å². The van der Waals surface area contributed by atoms with Gasteiger partial charge in [0.05, 0.1) is 6.61 Å². The zero-order valence-electron chi connectivity index (χ0n) is 8.51. The number of unbranched alkanes of at least 4 members (excludes halogenated alkanes) is 1. The molecule has 0 bridgehead atoms. The minimum Gasteiger partial charge on any atom is -0.464 e. The highest BCUT2D eigenvalue weighted by Gasteiger charge is 2.57. The van der Waals surface area contributed by atoms with E-state index in [0.29, 0.717) is 12.5 Å². The topological polar surface area (TPSA) is 52.3 Å². The van der Waals surface area contributed by atoms with Gasteiger partial charge in [0.25, 0.3) is 0 Å². The first-order valence-corrected chi connectivity index (χ1v) is 5.11. The van der Waals surface area contributed by atoms with E-state index in [2.05, 4.69) is 13.8 Å². The number of esters is 1. The second-order valence-electron chi connectivity index (χ2n) is 3.84. The van der Waals surface area contributed by atoms with Crippen LogP contribution >= 0.6 is 0 Å². The summed E-state index contributed by atoms with van der Waals surface area (Å²) in [7, 11) is 0. The molecule has 0 unspecified atom stereocenters. The Kier molecular flexibility index (Phi) is 3.31. The fraction of sp³-hybridized carbons (Fsp3) is 0.900. The summed E-state index contributed by atoms with van der Waals surface area (Å²) in [6, 6.07) is 0. The minimum absolute atomic E-state index is 0.201. The molecule has 0 radical (unpaired) electrons. The smallest absolute Gasteiger partial charge is 0.326 e. The summed E-state index contributed by atoms with van der Waals surface area (Å²) in [6.45, 7) is 4.64. The van der Waals surface area contributed by atoms with Crippen LogP contribution in [-0.4, -0.2) is 18.1 Å². The molecule has 2 atom stereocenters. The third-order valence-corrected chi connectivity index (χ3v) is 2.76. The Hall–Kier alpha value is -0.570. The Morgan fingerprint density at radius 3 is 2.77 bits per heavy atom. The lowest BCUT2D eigenvalue weighted by Crippen LogP contribution is -2.37. The van der Waals surface area contributed by atoms with Gasteiger partial charge in [0.1, 0.15) is 5.54 Å². The molecule has 0 aliphatic heterocycles. The molecule has 2 N–H and O–H groups in total. The highest BCUT2D eigenvalue weighted by atomic mass is 16.5. The maximum atomic E-state index is 11.4. The van der Waals surface area contributed by atoms with Crippen molar-refractivity contribution in [2.45, 2.75) is 45.1 Å². The van der Waals surface area contributed by atoms with Crippen LogP contribution in [0.5, 0.6) is 0 Å². The first-order valence-electron chi connectivity index (χ1n) is 5.11. The molecule has 1 saturated carbocycles. The molecule has 0 amide bonds. The van der Waals surface area contributed by atoms with Crippen LogP contribution < -0.4 is 5.73 Å². The van der Waals surface area contributed by atoms with Crippen molar-refractivity contribution >= 4 is 5.97 Å². The predicted molar refractivity (Wildman–Crippen MR) is 51.2 cm³/mol. The number of hydrogen-bond acceptors (Lipinski definition) is 3. The van der Waals surface area contributed by atoms with Gasteiger partial charge < -0.3 is 10.5 Å². The summed E-state index contributed by atoms with van der Waals surface area (Å²) < 4.78 is 5.08. The molecule has 76 valence electrons. The van der Waals surface area contributed by atoms with E-state index in [-0.39, 0.29) is 5.97 Å². The van der Waals surface area contributed by atoms with Crippen LogP contribution in [-0.2, 0) is 9.53 Å². The fourth-order valence-electron chi connectivity index (χ4n) is 1.55. The van der Waals surface area contributed by atoms with E-state index in [0.717, 1.165) is 25.7 Å². The quantitative estimate of drug-likeness (QED) is 0.521. The molecule has 1 rings (SSSR count). The van der Waals surface area contributed by atoms with Crippen LogP contribution in [0.25, 0.3) is 0 Å². The normalized spacial score (nSPS) is 31.5. The van der Waals surface area contributed by atoms with Crippen LogP contribution in [0, 0.1) is 5.92 Å². The van der Waals surface area contributed by atoms with Crippen molar-refractivity contribution in [1.29, 1.82) is 0 Å². The van der Waals surface area contributed by atoms with E-state index >= 15 is 0 Å². The SMILES string of the molecule is CCCCOC(=O)[C@@]1(N)C[C@H]1CC. The van der Waals surface area contributed by atoms with Gasteiger partial charge in [0.2, 0.25) is 0 Å². The van der Waals surface area contributed by atoms with E-state index in [1.165, 1.54) is 0 Å². The maximum Gasteiger partial charge on any atom is 0.326 e. The average Bonchev–Trinajstić information content (AvgIpc) is 2.79. The molecule has 3 heteroatoms. The Morgan fingerprint density at radius 2 is 2.31 bits per heavy atom. The summed E-state index contributed by atoms with van der Waals surface area (Å²) in [4.78, 5) is 11.4. The standard InChI is InChI=1S/C10H19NO2/c1-3-5-6-13-9(12)10(11)7-8(10)4-2/h8H,3-7,11H2,1-2H3/t8-,10-/m1/s1. The lowest BCUT2D eigenvalue weighted by atomic mass is 10.2. The van der Waals surface area contributed by atoms with Gasteiger partial charge in [-0.3, -0.25) is 4.79 Å². The Morgan fingerprint density at radius 1 is 1.62 bits per heavy atom. The zero-order valence-corrected chi connectivity index (χ0v) is 8.51. The first kappa shape index (κ1) is 10.5. The third kappa shape index (κ3) is 2.21. The van der Waals surface area contributed by atoms with Crippen LogP contribution in [0.3, 0.4) is 0 Å². The molecule has 0 aromatic carbocycles. The van der Waals surface area contributed by atoms with Gasteiger partial charge in [-0.1, -0.05) is 26.7 Å². The maximum absolute atomic E-state index is 11.4. The zero-order chi connectivity index (χ0) is 9.90. The molecule has 1 fully saturated rings. The molecule has 1 aliphatic carbocycles. The van der Waals surface area contributed by atoms with Gasteiger partial charge in [-0.25, -0.2) is 0 Å². The highest BCUT2D eigenvalue weighted by Crippen LogP contribution is 2.44. The highest BCUT2D eigenvalue weighted by molar-refractivity contribution is 5.84. The number of nitrogens with two attached hydrogens (primary N) is 1. The largest absolute Gasteiger partial charge is 0.464 e. The van der Waals surface area contributed by atoms with E-state index in [1.54, 1.807) is 0 Å². The van der Waals surface area contributed by atoms with Crippen molar-refractivity contribution in [3.8, 4) is 0 Å². The molecular weight excluding hydrogens is 166 g/mol. The Bertz CT molecular complexity index is 193. The lowest BCUT2D eigenvalue weighted by Gasteiger charge is -2.10. The Balaban J connectivity index is 2.25. The number of rotatable bonds is 5. The second kappa shape index (κ2) is 4.09.